The van der Waals surface area contributed by atoms with Crippen LogP contribution < -0.4 is 10.6 Å². The van der Waals surface area contributed by atoms with Gasteiger partial charge in [0.25, 0.3) is 0 Å². The molecule has 0 saturated heterocycles. The summed E-state index contributed by atoms with van der Waals surface area (Å²) < 4.78 is 0. The van der Waals surface area contributed by atoms with Crippen LogP contribution in [0, 0.1) is 0 Å². The monoisotopic (exact) mass is 346 g/mol. The lowest BCUT2D eigenvalue weighted by atomic mass is 9.96. The summed E-state index contributed by atoms with van der Waals surface area (Å²) in [5.74, 6) is 1.29. The van der Waals surface area contributed by atoms with Crippen molar-refractivity contribution in [2.75, 3.05) is 11.9 Å². The Morgan fingerprint density at radius 1 is 1.33 bits per heavy atom. The number of nitrogens with one attached hydrogen (secondary N) is 2. The fourth-order valence-electron chi connectivity index (χ4n) is 2.38. The third-order valence-electron chi connectivity index (χ3n) is 3.92. The number of amides is 2. The summed E-state index contributed by atoms with van der Waals surface area (Å²) in [4.78, 5) is 20.5. The number of carbonyl (C=O) groups excluding carboxylic acids is 1. The molecule has 24 heavy (non-hydrogen) atoms. The molecular formula is C17H19ClN4O2. The van der Waals surface area contributed by atoms with Crippen molar-refractivity contribution < 1.29 is 9.90 Å². The second kappa shape index (κ2) is 6.75. The molecule has 0 radical (unpaired) electrons. The standard InChI is InChI=1S/C17H19ClN4O2/c1-17(24,13-4-2-3-5-14(13)18)10-21-16(23)22-12-8-19-15(20-9-12)11-6-7-11/h2-5,8-9,11,24H,6-7,10H2,1H3,(H2,21,22,23)/t17-/m1/s1. The number of carbonyl (C=O) groups is 1. The lowest BCUT2D eigenvalue weighted by Gasteiger charge is -2.25. The summed E-state index contributed by atoms with van der Waals surface area (Å²) in [6, 6.07) is 6.56. The number of hydrogen-bond donors (Lipinski definition) is 3. The summed E-state index contributed by atoms with van der Waals surface area (Å²) in [5, 5.41) is 16.3. The molecule has 1 aliphatic rings. The van der Waals surface area contributed by atoms with Crippen LogP contribution in [-0.4, -0.2) is 27.7 Å². The van der Waals surface area contributed by atoms with Gasteiger partial charge in [0.1, 0.15) is 11.4 Å². The zero-order chi connectivity index (χ0) is 17.2. The number of benzene rings is 1. The Morgan fingerprint density at radius 3 is 2.62 bits per heavy atom. The van der Waals surface area contributed by atoms with E-state index in [4.69, 9.17) is 11.6 Å². The lowest BCUT2D eigenvalue weighted by molar-refractivity contribution is 0.0600. The van der Waals surface area contributed by atoms with E-state index in [1.807, 2.05) is 0 Å². The Labute approximate surface area is 145 Å². The van der Waals surface area contributed by atoms with Gasteiger partial charge in [-0.25, -0.2) is 14.8 Å². The Morgan fingerprint density at radius 2 is 2.00 bits per heavy atom. The first-order valence-corrected chi connectivity index (χ1v) is 8.18. The van der Waals surface area contributed by atoms with Crippen LogP contribution in [0.25, 0.3) is 0 Å². The fraction of sp³-hybridized carbons (Fsp3) is 0.353. The Bertz CT molecular complexity index is 730. The van der Waals surface area contributed by atoms with Crippen molar-refractivity contribution in [1.82, 2.24) is 15.3 Å². The van der Waals surface area contributed by atoms with Crippen molar-refractivity contribution in [1.29, 1.82) is 0 Å². The highest BCUT2D eigenvalue weighted by atomic mass is 35.5. The third kappa shape index (κ3) is 4.01. The highest BCUT2D eigenvalue weighted by Crippen LogP contribution is 2.37. The van der Waals surface area contributed by atoms with Crippen molar-refractivity contribution in [3.8, 4) is 0 Å². The van der Waals surface area contributed by atoms with Crippen LogP contribution in [0.5, 0.6) is 0 Å². The molecule has 3 N–H and O–H groups in total. The van der Waals surface area contributed by atoms with Crippen molar-refractivity contribution in [2.45, 2.75) is 31.3 Å². The molecular weight excluding hydrogens is 328 g/mol. The van der Waals surface area contributed by atoms with Crippen LogP contribution >= 0.6 is 11.6 Å². The molecule has 1 aromatic carbocycles. The smallest absolute Gasteiger partial charge is 0.319 e. The zero-order valence-electron chi connectivity index (χ0n) is 13.3. The Balaban J connectivity index is 1.55. The molecule has 7 heteroatoms. The van der Waals surface area contributed by atoms with E-state index < -0.39 is 11.6 Å². The molecule has 1 aromatic heterocycles. The SMILES string of the molecule is C[C@@](O)(CNC(=O)Nc1cnc(C2CC2)nc1)c1ccccc1Cl. The Kier molecular flexibility index (Phi) is 4.69. The van der Waals surface area contributed by atoms with E-state index in [0.717, 1.165) is 18.7 Å². The van der Waals surface area contributed by atoms with Gasteiger partial charge in [-0.3, -0.25) is 0 Å². The zero-order valence-corrected chi connectivity index (χ0v) is 14.0. The minimum absolute atomic E-state index is 0.0174. The first kappa shape index (κ1) is 16.7. The van der Waals surface area contributed by atoms with Crippen molar-refractivity contribution in [3.05, 3.63) is 53.1 Å². The number of halogens is 1. The van der Waals surface area contributed by atoms with Crippen molar-refractivity contribution >= 4 is 23.3 Å². The van der Waals surface area contributed by atoms with Crippen LogP contribution in [0.4, 0.5) is 10.5 Å². The molecule has 1 saturated carbocycles. The van der Waals surface area contributed by atoms with Crippen LogP contribution in [0.15, 0.2) is 36.7 Å². The number of anilines is 1. The van der Waals surface area contributed by atoms with Gasteiger partial charge in [-0.15, -0.1) is 0 Å². The van der Waals surface area contributed by atoms with Gasteiger partial charge in [-0.2, -0.15) is 0 Å². The highest BCUT2D eigenvalue weighted by Gasteiger charge is 2.27. The molecule has 0 spiro atoms. The summed E-state index contributed by atoms with van der Waals surface area (Å²) in [6.07, 6.45) is 5.44. The first-order chi connectivity index (χ1) is 11.5. The summed E-state index contributed by atoms with van der Waals surface area (Å²) in [5.41, 5.74) is -0.208. The molecule has 3 rings (SSSR count). The number of aromatic nitrogens is 2. The van der Waals surface area contributed by atoms with Gasteiger partial charge in [-0.05, 0) is 25.8 Å². The number of urea groups is 1. The largest absolute Gasteiger partial charge is 0.384 e. The molecule has 0 unspecified atom stereocenters. The maximum absolute atomic E-state index is 12.0. The van der Waals surface area contributed by atoms with E-state index in [2.05, 4.69) is 20.6 Å². The van der Waals surface area contributed by atoms with Gasteiger partial charge in [0, 0.05) is 16.5 Å². The lowest BCUT2D eigenvalue weighted by Crippen LogP contribution is -2.40. The minimum atomic E-state index is -1.28. The molecule has 2 aromatic rings. The average Bonchev–Trinajstić information content (AvgIpc) is 3.39. The van der Waals surface area contributed by atoms with E-state index in [1.54, 1.807) is 43.6 Å². The van der Waals surface area contributed by atoms with Gasteiger partial charge in [-0.1, -0.05) is 29.8 Å². The number of nitrogens with zero attached hydrogens (tertiary/aromatic N) is 2. The molecule has 1 atom stereocenters. The number of rotatable bonds is 5. The van der Waals surface area contributed by atoms with E-state index >= 15 is 0 Å². The van der Waals surface area contributed by atoms with Gasteiger partial charge < -0.3 is 15.7 Å². The topological polar surface area (TPSA) is 87.1 Å². The number of aliphatic hydroxyl groups is 1. The van der Waals surface area contributed by atoms with Crippen molar-refractivity contribution in [2.24, 2.45) is 0 Å². The minimum Gasteiger partial charge on any atom is -0.384 e. The fourth-order valence-corrected chi connectivity index (χ4v) is 2.72. The third-order valence-corrected chi connectivity index (χ3v) is 4.25. The number of hydrogen-bond acceptors (Lipinski definition) is 4. The maximum Gasteiger partial charge on any atom is 0.319 e. The molecule has 6 nitrogen and oxygen atoms in total. The summed E-state index contributed by atoms with van der Waals surface area (Å²) in [6.45, 7) is 1.62. The first-order valence-electron chi connectivity index (χ1n) is 7.80. The second-order valence-corrected chi connectivity index (χ2v) is 6.57. The van der Waals surface area contributed by atoms with Crippen molar-refractivity contribution in [3.63, 3.8) is 0 Å². The van der Waals surface area contributed by atoms with Gasteiger partial charge in [0.15, 0.2) is 0 Å². The van der Waals surface area contributed by atoms with E-state index in [0.29, 0.717) is 22.2 Å². The molecule has 0 aliphatic heterocycles. The summed E-state index contributed by atoms with van der Waals surface area (Å²) >= 11 is 6.09. The highest BCUT2D eigenvalue weighted by molar-refractivity contribution is 6.31. The molecule has 1 aliphatic carbocycles. The molecule has 1 fully saturated rings. The van der Waals surface area contributed by atoms with Crippen LogP contribution in [0.2, 0.25) is 5.02 Å². The van der Waals surface area contributed by atoms with E-state index in [-0.39, 0.29) is 6.54 Å². The maximum atomic E-state index is 12.0. The predicted octanol–water partition coefficient (Wildman–Crippen LogP) is 3.04. The van der Waals surface area contributed by atoms with Gasteiger partial charge in [0.2, 0.25) is 0 Å². The van der Waals surface area contributed by atoms with Crippen LogP contribution in [0.3, 0.4) is 0 Å². The molecule has 1 heterocycles. The second-order valence-electron chi connectivity index (χ2n) is 6.17. The van der Waals surface area contributed by atoms with Gasteiger partial charge >= 0.3 is 6.03 Å². The Hall–Kier alpha value is -2.18. The molecule has 2 amide bonds. The van der Waals surface area contributed by atoms with Crippen LogP contribution in [0.1, 0.15) is 37.1 Å². The average molecular weight is 347 g/mol. The van der Waals surface area contributed by atoms with Gasteiger partial charge in [0.05, 0.1) is 24.6 Å². The van der Waals surface area contributed by atoms with Crippen LogP contribution in [-0.2, 0) is 5.60 Å². The normalized spacial score (nSPS) is 16.3. The summed E-state index contributed by atoms with van der Waals surface area (Å²) in [7, 11) is 0. The predicted molar refractivity (Wildman–Crippen MR) is 92.1 cm³/mol. The molecule has 0 bridgehead atoms. The molecule has 126 valence electrons. The quantitative estimate of drug-likeness (QED) is 0.776. The van der Waals surface area contributed by atoms with E-state index in [9.17, 15) is 9.90 Å². The van der Waals surface area contributed by atoms with E-state index in [1.165, 1.54) is 0 Å².